The first kappa shape index (κ1) is 20.3. The third-order valence-corrected chi connectivity index (χ3v) is 7.00. The van der Waals surface area contributed by atoms with Gasteiger partial charge in [0.25, 0.3) is 5.69 Å². The highest BCUT2D eigenvalue weighted by Crippen LogP contribution is 2.43. The van der Waals surface area contributed by atoms with Crippen LogP contribution in [0.25, 0.3) is 0 Å². The van der Waals surface area contributed by atoms with Crippen molar-refractivity contribution in [3.05, 3.63) is 64.2 Å². The van der Waals surface area contributed by atoms with Gasteiger partial charge in [0.1, 0.15) is 29.3 Å². The summed E-state index contributed by atoms with van der Waals surface area (Å²) in [5, 5.41) is 11.3. The van der Waals surface area contributed by atoms with Crippen molar-refractivity contribution in [2.75, 3.05) is 18.6 Å². The lowest BCUT2D eigenvalue weighted by atomic mass is 9.85. The molecule has 2 aromatic rings. The van der Waals surface area contributed by atoms with Crippen LogP contribution in [0.1, 0.15) is 23.2 Å². The lowest BCUT2D eigenvalue weighted by Gasteiger charge is -2.25. The summed E-state index contributed by atoms with van der Waals surface area (Å²) >= 11 is 0. The molecule has 1 unspecified atom stereocenters. The minimum absolute atomic E-state index is 0.0524. The molecule has 0 bridgehead atoms. The fourth-order valence-corrected chi connectivity index (χ4v) is 5.73. The Balaban J connectivity index is 1.59. The topological polar surface area (TPSA) is 111 Å². The summed E-state index contributed by atoms with van der Waals surface area (Å²) in [6.45, 7) is 0.738. The molecule has 2 amide bonds. The van der Waals surface area contributed by atoms with Gasteiger partial charge in [0.2, 0.25) is 17.6 Å². The lowest BCUT2D eigenvalue weighted by Crippen LogP contribution is -3.16. The minimum atomic E-state index is -0.792. The van der Waals surface area contributed by atoms with Crippen LogP contribution in [0.3, 0.4) is 0 Å². The summed E-state index contributed by atoms with van der Waals surface area (Å²) in [6.07, 6.45) is 1.64. The maximum Gasteiger partial charge on any atom is 0.271 e. The Bertz CT molecular complexity index is 1130. The quantitative estimate of drug-likeness (QED) is 0.324. The number of rotatable bonds is 5. The Kier molecular flexibility index (Phi) is 4.78. The molecule has 32 heavy (non-hydrogen) atoms. The zero-order chi connectivity index (χ0) is 22.6. The van der Waals surface area contributed by atoms with Gasteiger partial charge < -0.3 is 9.64 Å². The average molecular weight is 436 g/mol. The molecule has 5 rings (SSSR count). The van der Waals surface area contributed by atoms with Gasteiger partial charge in [0.05, 0.1) is 18.6 Å². The van der Waals surface area contributed by atoms with Gasteiger partial charge in [-0.25, -0.2) is 4.90 Å². The molecule has 3 saturated heterocycles. The van der Waals surface area contributed by atoms with Crippen LogP contribution in [0, 0.1) is 22.0 Å². The number of nitro benzene ring substituents is 1. The molecule has 5 atom stereocenters. The highest BCUT2D eigenvalue weighted by atomic mass is 16.6. The van der Waals surface area contributed by atoms with Gasteiger partial charge in [-0.15, -0.1) is 0 Å². The summed E-state index contributed by atoms with van der Waals surface area (Å²) in [7, 11) is 1.38. The minimum Gasteiger partial charge on any atom is -0.495 e. The van der Waals surface area contributed by atoms with Crippen LogP contribution in [0.4, 0.5) is 11.4 Å². The number of benzene rings is 2. The van der Waals surface area contributed by atoms with E-state index in [1.807, 2.05) is 6.07 Å². The number of amides is 2. The maximum absolute atomic E-state index is 13.6. The molecule has 9 heteroatoms. The lowest BCUT2D eigenvalue weighted by molar-refractivity contribution is -0.915. The van der Waals surface area contributed by atoms with Crippen LogP contribution in [0.5, 0.6) is 5.75 Å². The van der Waals surface area contributed by atoms with E-state index < -0.39 is 34.6 Å². The summed E-state index contributed by atoms with van der Waals surface area (Å²) < 4.78 is 5.30. The molecule has 0 spiro atoms. The predicted molar refractivity (Wildman–Crippen MR) is 113 cm³/mol. The van der Waals surface area contributed by atoms with E-state index in [2.05, 4.69) is 0 Å². The molecule has 3 fully saturated rings. The van der Waals surface area contributed by atoms with Crippen molar-refractivity contribution in [3.8, 4) is 5.75 Å². The molecule has 164 valence electrons. The molecule has 9 nitrogen and oxygen atoms in total. The highest BCUT2D eigenvalue weighted by Gasteiger charge is 2.68. The van der Waals surface area contributed by atoms with E-state index >= 15 is 0 Å². The van der Waals surface area contributed by atoms with Gasteiger partial charge in [-0.2, -0.15) is 0 Å². The standard InChI is InChI=1S/C23H21N3O6/c1-32-17-10-9-14(26(30)31)12-16(17)25-22(28)18-15-8-5-11-24(15)20(19(18)23(25)29)21(27)13-6-3-2-4-7-13/h2-4,6-7,9-10,12,15,18-20H,5,8,11H2,1H3/p+1/t15-,18+,19-,20+/m1/s1. The Hall–Kier alpha value is -3.59. The molecule has 1 N–H and O–H groups in total. The molecule has 0 radical (unpaired) electrons. The zero-order valence-electron chi connectivity index (χ0n) is 17.4. The third-order valence-electron chi connectivity index (χ3n) is 7.00. The van der Waals surface area contributed by atoms with Crippen LogP contribution in [0.2, 0.25) is 0 Å². The summed E-state index contributed by atoms with van der Waals surface area (Å²) in [5.74, 6) is -2.27. The predicted octanol–water partition coefficient (Wildman–Crippen LogP) is 1.02. The second-order valence-corrected chi connectivity index (χ2v) is 8.46. The first-order valence-electron chi connectivity index (χ1n) is 10.6. The van der Waals surface area contributed by atoms with Crippen molar-refractivity contribution < 1.29 is 28.9 Å². The van der Waals surface area contributed by atoms with Crippen molar-refractivity contribution in [1.82, 2.24) is 0 Å². The number of hydrogen-bond acceptors (Lipinski definition) is 6. The van der Waals surface area contributed by atoms with Crippen molar-refractivity contribution in [2.45, 2.75) is 24.9 Å². The molecule has 2 aromatic carbocycles. The largest absolute Gasteiger partial charge is 0.495 e. The molecule has 0 aliphatic carbocycles. The van der Waals surface area contributed by atoms with Crippen molar-refractivity contribution >= 4 is 29.0 Å². The molecule has 3 aliphatic rings. The number of hydrogen-bond donors (Lipinski definition) is 1. The first-order chi connectivity index (χ1) is 15.4. The van der Waals surface area contributed by atoms with Crippen LogP contribution < -0.4 is 14.5 Å². The van der Waals surface area contributed by atoms with Crippen LogP contribution in [-0.4, -0.2) is 48.3 Å². The number of carbonyl (C=O) groups is 3. The third kappa shape index (κ3) is 2.85. The van der Waals surface area contributed by atoms with E-state index in [4.69, 9.17) is 4.74 Å². The number of anilines is 1. The Morgan fingerprint density at radius 2 is 1.84 bits per heavy atom. The Morgan fingerprint density at radius 3 is 2.53 bits per heavy atom. The highest BCUT2D eigenvalue weighted by molar-refractivity contribution is 6.24. The van der Waals surface area contributed by atoms with Crippen LogP contribution in [0.15, 0.2) is 48.5 Å². The fraction of sp³-hybridized carbons (Fsp3) is 0.348. The van der Waals surface area contributed by atoms with E-state index in [0.717, 1.165) is 29.2 Å². The number of nitrogens with one attached hydrogen (secondary N) is 1. The molecule has 3 aliphatic heterocycles. The number of non-ortho nitro benzene ring substituents is 1. The number of Topliss-reactive ketones (excluding diaryl/α,β-unsaturated/α-hetero) is 1. The van der Waals surface area contributed by atoms with Crippen molar-refractivity contribution in [2.24, 2.45) is 11.8 Å². The normalized spacial score (nSPS) is 28.5. The fourth-order valence-electron chi connectivity index (χ4n) is 5.73. The van der Waals surface area contributed by atoms with Gasteiger partial charge >= 0.3 is 0 Å². The number of nitro groups is 1. The number of fused-ring (bicyclic) bond motifs is 3. The maximum atomic E-state index is 13.6. The molecule has 0 aromatic heterocycles. The zero-order valence-corrected chi connectivity index (χ0v) is 17.4. The molecular weight excluding hydrogens is 414 g/mol. The summed E-state index contributed by atoms with van der Waals surface area (Å²) in [4.78, 5) is 53.4. The number of nitrogens with zero attached hydrogens (tertiary/aromatic N) is 2. The van der Waals surface area contributed by atoms with Crippen LogP contribution in [-0.2, 0) is 9.59 Å². The number of quaternary nitrogens is 1. The smallest absolute Gasteiger partial charge is 0.271 e. The number of ether oxygens (including phenoxy) is 1. The number of ketones is 1. The van der Waals surface area contributed by atoms with Gasteiger partial charge in [-0.3, -0.25) is 24.5 Å². The van der Waals surface area contributed by atoms with E-state index in [1.165, 1.54) is 25.3 Å². The van der Waals surface area contributed by atoms with Crippen LogP contribution >= 0.6 is 0 Å². The van der Waals surface area contributed by atoms with Gasteiger partial charge in [-0.1, -0.05) is 30.3 Å². The van der Waals surface area contributed by atoms with Crippen molar-refractivity contribution in [3.63, 3.8) is 0 Å². The molecule has 0 saturated carbocycles. The van der Waals surface area contributed by atoms with Gasteiger partial charge in [0.15, 0.2) is 6.04 Å². The SMILES string of the molecule is COc1ccc([N+](=O)[O-])cc1N1C(=O)[C@@H]2[C@@H](C1=O)[C@@H](C(=O)c1ccccc1)[NH+]1CCC[C@H]21. The van der Waals surface area contributed by atoms with Gasteiger partial charge in [-0.05, 0) is 6.07 Å². The number of methoxy groups -OCH3 is 1. The second kappa shape index (κ2) is 7.52. The van der Waals surface area contributed by atoms with E-state index in [-0.39, 0.29) is 28.9 Å². The monoisotopic (exact) mass is 436 g/mol. The summed E-state index contributed by atoms with van der Waals surface area (Å²) in [5.41, 5.74) is 0.322. The van der Waals surface area contributed by atoms with E-state index in [9.17, 15) is 24.5 Å². The van der Waals surface area contributed by atoms with E-state index in [1.54, 1.807) is 24.3 Å². The second-order valence-electron chi connectivity index (χ2n) is 8.46. The van der Waals surface area contributed by atoms with E-state index in [0.29, 0.717) is 5.56 Å². The van der Waals surface area contributed by atoms with Crippen molar-refractivity contribution in [1.29, 1.82) is 0 Å². The first-order valence-corrected chi connectivity index (χ1v) is 10.6. The number of carbonyl (C=O) groups excluding carboxylic acids is 3. The summed E-state index contributed by atoms with van der Waals surface area (Å²) in [6, 6.07) is 11.9. The Labute approximate surface area is 183 Å². The van der Waals surface area contributed by atoms with Gasteiger partial charge in [0, 0.05) is 30.5 Å². The molecule has 3 heterocycles. The Morgan fingerprint density at radius 1 is 1.12 bits per heavy atom. The number of imide groups is 1. The molecular formula is C23H22N3O6+. The average Bonchev–Trinajstić information content (AvgIpc) is 3.45.